The van der Waals surface area contributed by atoms with Crippen LogP contribution in [0.1, 0.15) is 37.8 Å². The highest BCUT2D eigenvalue weighted by Crippen LogP contribution is 2.27. The molecular weight excluding hydrogens is 231 g/mol. The molecule has 1 unspecified atom stereocenters. The van der Waals surface area contributed by atoms with E-state index in [0.29, 0.717) is 0 Å². The number of rotatable bonds is 5. The van der Waals surface area contributed by atoms with Gasteiger partial charge >= 0.3 is 0 Å². The summed E-state index contributed by atoms with van der Waals surface area (Å²) in [5.74, 6) is -0.298. The van der Waals surface area contributed by atoms with Crippen LogP contribution in [0, 0.1) is 5.82 Å². The first-order valence-electron chi connectivity index (χ1n) is 6.45. The van der Waals surface area contributed by atoms with Crippen LogP contribution in [0.15, 0.2) is 30.3 Å². The lowest BCUT2D eigenvalue weighted by molar-refractivity contribution is 0.219. The number of nitrogens with one attached hydrogen (secondary N) is 1. The standard InChI is InChI=1S/C14H19FN2O/c1-2-5-17-14(11-4-3-6-18-10-11)12-7-13(15)9-16-8-12/h7-10,14,17H,2-6H2,1H3. The van der Waals surface area contributed by atoms with E-state index in [1.54, 1.807) is 6.20 Å². The molecule has 2 heterocycles. The Balaban J connectivity index is 2.21. The predicted molar refractivity (Wildman–Crippen MR) is 68.5 cm³/mol. The molecule has 18 heavy (non-hydrogen) atoms. The molecule has 0 aliphatic carbocycles. The van der Waals surface area contributed by atoms with Gasteiger partial charge in [-0.25, -0.2) is 4.39 Å². The maximum absolute atomic E-state index is 13.3. The fourth-order valence-corrected chi connectivity index (χ4v) is 2.13. The van der Waals surface area contributed by atoms with E-state index in [1.165, 1.54) is 17.8 Å². The van der Waals surface area contributed by atoms with Crippen molar-refractivity contribution in [1.29, 1.82) is 0 Å². The van der Waals surface area contributed by atoms with Crippen molar-refractivity contribution in [2.75, 3.05) is 13.2 Å². The molecule has 0 spiro atoms. The summed E-state index contributed by atoms with van der Waals surface area (Å²) in [6, 6.07) is 1.55. The number of ether oxygens (including phenoxy) is 1. The Labute approximate surface area is 107 Å². The molecule has 1 aliphatic rings. The van der Waals surface area contributed by atoms with Crippen LogP contribution < -0.4 is 5.32 Å². The van der Waals surface area contributed by atoms with E-state index in [4.69, 9.17) is 4.74 Å². The largest absolute Gasteiger partial charge is 0.501 e. The lowest BCUT2D eigenvalue weighted by atomic mass is 9.96. The molecule has 0 bridgehead atoms. The first-order valence-corrected chi connectivity index (χ1v) is 6.45. The van der Waals surface area contributed by atoms with Gasteiger partial charge in [-0.15, -0.1) is 0 Å². The van der Waals surface area contributed by atoms with Crippen molar-refractivity contribution in [2.24, 2.45) is 0 Å². The van der Waals surface area contributed by atoms with Gasteiger partial charge in [0.1, 0.15) is 5.82 Å². The monoisotopic (exact) mass is 250 g/mol. The van der Waals surface area contributed by atoms with E-state index >= 15 is 0 Å². The topological polar surface area (TPSA) is 34.1 Å². The SMILES string of the molecule is CCCNC(C1=COCCC1)c1cncc(F)c1. The van der Waals surface area contributed by atoms with Crippen LogP contribution in [-0.4, -0.2) is 18.1 Å². The minimum Gasteiger partial charge on any atom is -0.501 e. The summed E-state index contributed by atoms with van der Waals surface area (Å²) in [6.07, 6.45) is 7.78. The van der Waals surface area contributed by atoms with Gasteiger partial charge in [0.05, 0.1) is 25.1 Å². The molecule has 1 N–H and O–H groups in total. The molecule has 0 radical (unpaired) electrons. The van der Waals surface area contributed by atoms with Crippen LogP contribution >= 0.6 is 0 Å². The molecular formula is C14H19FN2O. The van der Waals surface area contributed by atoms with E-state index in [9.17, 15) is 4.39 Å². The van der Waals surface area contributed by atoms with Gasteiger partial charge in [-0.05, 0) is 43.0 Å². The predicted octanol–water partition coefficient (Wildman–Crippen LogP) is 2.96. The molecule has 0 saturated heterocycles. The molecule has 98 valence electrons. The quantitative estimate of drug-likeness (QED) is 0.872. The van der Waals surface area contributed by atoms with Crippen LogP contribution in [0.3, 0.4) is 0 Å². The Hall–Kier alpha value is -1.42. The molecule has 3 nitrogen and oxygen atoms in total. The minimum atomic E-state index is -0.298. The van der Waals surface area contributed by atoms with Crippen molar-refractivity contribution < 1.29 is 9.13 Å². The normalized spacial score (nSPS) is 16.9. The van der Waals surface area contributed by atoms with E-state index < -0.39 is 0 Å². The third-order valence-corrected chi connectivity index (χ3v) is 2.99. The Morgan fingerprint density at radius 1 is 1.50 bits per heavy atom. The summed E-state index contributed by atoms with van der Waals surface area (Å²) in [4.78, 5) is 3.92. The van der Waals surface area contributed by atoms with Crippen molar-refractivity contribution in [3.63, 3.8) is 0 Å². The van der Waals surface area contributed by atoms with Gasteiger partial charge in [0, 0.05) is 6.20 Å². The van der Waals surface area contributed by atoms with Gasteiger partial charge < -0.3 is 10.1 Å². The Kier molecular flexibility index (Phi) is 4.70. The molecule has 1 atom stereocenters. The molecule has 0 aromatic carbocycles. The van der Waals surface area contributed by atoms with Crippen LogP contribution in [0.4, 0.5) is 4.39 Å². The molecule has 1 aromatic heterocycles. The lowest BCUT2D eigenvalue weighted by Crippen LogP contribution is -2.25. The number of halogens is 1. The highest BCUT2D eigenvalue weighted by molar-refractivity contribution is 5.26. The molecule has 2 rings (SSSR count). The minimum absolute atomic E-state index is 0.00782. The number of pyridine rings is 1. The second-order valence-electron chi connectivity index (χ2n) is 4.49. The Morgan fingerprint density at radius 2 is 2.39 bits per heavy atom. The summed E-state index contributed by atoms with van der Waals surface area (Å²) in [7, 11) is 0. The maximum atomic E-state index is 13.3. The lowest BCUT2D eigenvalue weighted by Gasteiger charge is -2.24. The summed E-state index contributed by atoms with van der Waals surface area (Å²) in [5.41, 5.74) is 2.03. The second kappa shape index (κ2) is 6.50. The summed E-state index contributed by atoms with van der Waals surface area (Å²) in [5, 5.41) is 3.43. The van der Waals surface area contributed by atoms with E-state index in [-0.39, 0.29) is 11.9 Å². The summed E-state index contributed by atoms with van der Waals surface area (Å²) >= 11 is 0. The van der Waals surface area contributed by atoms with Gasteiger partial charge in [-0.2, -0.15) is 0 Å². The zero-order valence-electron chi connectivity index (χ0n) is 10.7. The highest BCUT2D eigenvalue weighted by atomic mass is 19.1. The molecule has 1 aliphatic heterocycles. The smallest absolute Gasteiger partial charge is 0.141 e. The molecule has 4 heteroatoms. The van der Waals surface area contributed by atoms with Crippen LogP contribution in [0.5, 0.6) is 0 Å². The van der Waals surface area contributed by atoms with Crippen molar-refractivity contribution in [3.05, 3.63) is 41.7 Å². The maximum Gasteiger partial charge on any atom is 0.141 e. The summed E-state index contributed by atoms with van der Waals surface area (Å²) in [6.45, 7) is 3.77. The van der Waals surface area contributed by atoms with Crippen molar-refractivity contribution in [1.82, 2.24) is 10.3 Å². The van der Waals surface area contributed by atoms with Crippen molar-refractivity contribution in [3.8, 4) is 0 Å². The van der Waals surface area contributed by atoms with Crippen LogP contribution in [-0.2, 0) is 4.74 Å². The van der Waals surface area contributed by atoms with Crippen LogP contribution in [0.2, 0.25) is 0 Å². The van der Waals surface area contributed by atoms with E-state index in [1.807, 2.05) is 6.26 Å². The van der Waals surface area contributed by atoms with Gasteiger partial charge in [0.2, 0.25) is 0 Å². The van der Waals surface area contributed by atoms with Crippen LogP contribution in [0.25, 0.3) is 0 Å². The number of hydrogen-bond acceptors (Lipinski definition) is 3. The molecule has 0 amide bonds. The Bertz CT molecular complexity index is 420. The third kappa shape index (κ3) is 3.29. The van der Waals surface area contributed by atoms with Gasteiger partial charge in [0.25, 0.3) is 0 Å². The van der Waals surface area contributed by atoms with Gasteiger partial charge in [-0.3, -0.25) is 4.98 Å². The third-order valence-electron chi connectivity index (χ3n) is 2.99. The fraction of sp³-hybridized carbons (Fsp3) is 0.500. The zero-order valence-corrected chi connectivity index (χ0v) is 10.7. The average molecular weight is 250 g/mol. The highest BCUT2D eigenvalue weighted by Gasteiger charge is 2.19. The number of nitrogens with zero attached hydrogens (tertiary/aromatic N) is 1. The molecule has 0 fully saturated rings. The van der Waals surface area contributed by atoms with E-state index in [2.05, 4.69) is 17.2 Å². The van der Waals surface area contributed by atoms with Gasteiger partial charge in [0.15, 0.2) is 0 Å². The van der Waals surface area contributed by atoms with Crippen molar-refractivity contribution in [2.45, 2.75) is 32.2 Å². The number of aromatic nitrogens is 1. The zero-order chi connectivity index (χ0) is 12.8. The first-order chi connectivity index (χ1) is 8.81. The fourth-order valence-electron chi connectivity index (χ4n) is 2.13. The van der Waals surface area contributed by atoms with E-state index in [0.717, 1.165) is 38.0 Å². The van der Waals surface area contributed by atoms with Crippen molar-refractivity contribution >= 4 is 0 Å². The molecule has 0 saturated carbocycles. The number of hydrogen-bond donors (Lipinski definition) is 1. The Morgan fingerprint density at radius 3 is 3.06 bits per heavy atom. The second-order valence-corrected chi connectivity index (χ2v) is 4.49. The van der Waals surface area contributed by atoms with Gasteiger partial charge in [-0.1, -0.05) is 6.92 Å². The average Bonchev–Trinajstić information content (AvgIpc) is 2.40. The summed E-state index contributed by atoms with van der Waals surface area (Å²) < 4.78 is 18.7. The molecule has 1 aromatic rings. The first kappa shape index (κ1) is 13.0.